The summed E-state index contributed by atoms with van der Waals surface area (Å²) in [5.74, 6) is -1.16. The molecule has 3 N–H and O–H groups in total. The van der Waals surface area contributed by atoms with Gasteiger partial charge in [0.05, 0.1) is 19.3 Å². The van der Waals surface area contributed by atoms with Gasteiger partial charge in [0.1, 0.15) is 0 Å². The summed E-state index contributed by atoms with van der Waals surface area (Å²) < 4.78 is 0. The van der Waals surface area contributed by atoms with Crippen molar-refractivity contribution in [3.63, 3.8) is 0 Å². The van der Waals surface area contributed by atoms with Gasteiger partial charge in [0, 0.05) is 31.7 Å². The smallest absolute Gasteiger partial charge is 0.317 e. The molecule has 1 aliphatic rings. The molecule has 7 nitrogen and oxygen atoms in total. The Hall–Kier alpha value is -1.96. The van der Waals surface area contributed by atoms with Crippen molar-refractivity contribution >= 4 is 11.9 Å². The first-order valence-electron chi connectivity index (χ1n) is 7.11. The van der Waals surface area contributed by atoms with Gasteiger partial charge in [-0.2, -0.15) is 0 Å². The van der Waals surface area contributed by atoms with Gasteiger partial charge in [-0.05, 0) is 17.7 Å². The molecule has 1 aromatic carbocycles. The predicted octanol–water partition coefficient (Wildman–Crippen LogP) is -0.618. The average Bonchev–Trinajstić information content (AvgIpc) is 2.67. The summed E-state index contributed by atoms with van der Waals surface area (Å²) in [6.07, 6.45) is -0.775. The van der Waals surface area contributed by atoms with E-state index in [1.165, 1.54) is 4.90 Å². The molecule has 2 rings (SSSR count). The second kappa shape index (κ2) is 7.35. The van der Waals surface area contributed by atoms with E-state index in [9.17, 15) is 14.7 Å². The van der Waals surface area contributed by atoms with Crippen molar-refractivity contribution < 1.29 is 24.9 Å². The third kappa shape index (κ3) is 4.27. The standard InChI is InChI=1S/C15H20N2O5/c18-10-11-1-3-12(4-2-11)15(22)17-6-5-16(9-14(20)21)7-13(19)8-17/h1-4,13,18-19H,5-10H2,(H,20,21)/t13-/m0/s1. The first-order valence-corrected chi connectivity index (χ1v) is 7.11. The van der Waals surface area contributed by atoms with Gasteiger partial charge < -0.3 is 20.2 Å². The van der Waals surface area contributed by atoms with Crippen molar-refractivity contribution in [1.29, 1.82) is 0 Å². The van der Waals surface area contributed by atoms with Crippen LogP contribution in [0.2, 0.25) is 0 Å². The number of aliphatic carboxylic acids is 1. The summed E-state index contributed by atoms with van der Waals surface area (Å²) in [5, 5.41) is 27.8. The first-order chi connectivity index (χ1) is 10.5. The van der Waals surface area contributed by atoms with Crippen LogP contribution in [0.25, 0.3) is 0 Å². The normalized spacial score (nSPS) is 19.7. The van der Waals surface area contributed by atoms with Crippen LogP contribution in [-0.2, 0) is 11.4 Å². The van der Waals surface area contributed by atoms with Crippen LogP contribution in [0.3, 0.4) is 0 Å². The van der Waals surface area contributed by atoms with Crippen molar-refractivity contribution in [3.05, 3.63) is 35.4 Å². The molecule has 1 saturated heterocycles. The fourth-order valence-electron chi connectivity index (χ4n) is 2.51. The second-order valence-corrected chi connectivity index (χ2v) is 5.39. The summed E-state index contributed by atoms with van der Waals surface area (Å²) in [5.41, 5.74) is 1.20. The predicted molar refractivity (Wildman–Crippen MR) is 78.4 cm³/mol. The van der Waals surface area contributed by atoms with E-state index in [1.807, 2.05) is 0 Å². The number of carboxylic acids is 1. The largest absolute Gasteiger partial charge is 0.480 e. The Labute approximate surface area is 128 Å². The average molecular weight is 308 g/mol. The van der Waals surface area contributed by atoms with Gasteiger partial charge in [0.25, 0.3) is 5.91 Å². The maximum atomic E-state index is 12.4. The lowest BCUT2D eigenvalue weighted by Gasteiger charge is -2.21. The molecule has 0 aromatic heterocycles. The Bertz CT molecular complexity index is 531. The quantitative estimate of drug-likeness (QED) is 0.685. The summed E-state index contributed by atoms with van der Waals surface area (Å²) >= 11 is 0. The summed E-state index contributed by atoms with van der Waals surface area (Å²) in [4.78, 5) is 26.4. The van der Waals surface area contributed by atoms with Gasteiger partial charge in [-0.15, -0.1) is 0 Å². The SMILES string of the molecule is O=C(O)CN1CCN(C(=O)c2ccc(CO)cc2)C[C@@H](O)C1. The van der Waals surface area contributed by atoms with E-state index < -0.39 is 12.1 Å². The Balaban J connectivity index is 2.04. The molecule has 0 saturated carbocycles. The lowest BCUT2D eigenvalue weighted by Crippen LogP contribution is -2.37. The minimum atomic E-state index is -0.952. The summed E-state index contributed by atoms with van der Waals surface area (Å²) in [6, 6.07) is 6.64. The van der Waals surface area contributed by atoms with Crippen molar-refractivity contribution in [1.82, 2.24) is 9.80 Å². The number of benzene rings is 1. The minimum Gasteiger partial charge on any atom is -0.480 e. The number of hydrogen-bond acceptors (Lipinski definition) is 5. The van der Waals surface area contributed by atoms with E-state index in [0.29, 0.717) is 18.7 Å². The number of hydrogen-bond donors (Lipinski definition) is 3. The molecule has 1 atom stereocenters. The van der Waals surface area contributed by atoms with Crippen molar-refractivity contribution in [3.8, 4) is 0 Å². The van der Waals surface area contributed by atoms with Gasteiger partial charge in [-0.3, -0.25) is 14.5 Å². The van der Waals surface area contributed by atoms with Crippen LogP contribution in [0, 0.1) is 0 Å². The van der Waals surface area contributed by atoms with Gasteiger partial charge in [-0.1, -0.05) is 12.1 Å². The topological polar surface area (TPSA) is 101 Å². The second-order valence-electron chi connectivity index (χ2n) is 5.39. The molecule has 1 heterocycles. The number of carbonyl (C=O) groups is 2. The number of β-amino-alcohol motifs (C(OH)–C–C–N with tert-alkyl or cyclic N) is 1. The fraction of sp³-hybridized carbons (Fsp3) is 0.467. The van der Waals surface area contributed by atoms with E-state index in [-0.39, 0.29) is 32.1 Å². The van der Waals surface area contributed by atoms with Crippen LogP contribution in [0.1, 0.15) is 15.9 Å². The summed E-state index contributed by atoms with van der Waals surface area (Å²) in [7, 11) is 0. The zero-order valence-corrected chi connectivity index (χ0v) is 12.2. The number of rotatable bonds is 4. The van der Waals surface area contributed by atoms with Crippen LogP contribution in [0.15, 0.2) is 24.3 Å². The van der Waals surface area contributed by atoms with E-state index in [4.69, 9.17) is 10.2 Å². The van der Waals surface area contributed by atoms with E-state index in [2.05, 4.69) is 0 Å². The van der Waals surface area contributed by atoms with Crippen molar-refractivity contribution in [2.24, 2.45) is 0 Å². The van der Waals surface area contributed by atoms with E-state index in [1.54, 1.807) is 29.2 Å². The molecular formula is C15H20N2O5. The molecule has 1 fully saturated rings. The monoisotopic (exact) mass is 308 g/mol. The summed E-state index contributed by atoms with van der Waals surface area (Å²) in [6.45, 7) is 0.955. The van der Waals surface area contributed by atoms with Gasteiger partial charge in [0.15, 0.2) is 0 Å². The van der Waals surface area contributed by atoms with Crippen LogP contribution in [0.4, 0.5) is 0 Å². The van der Waals surface area contributed by atoms with E-state index >= 15 is 0 Å². The van der Waals surface area contributed by atoms with Crippen molar-refractivity contribution in [2.45, 2.75) is 12.7 Å². The Morgan fingerprint density at radius 3 is 2.41 bits per heavy atom. The maximum absolute atomic E-state index is 12.4. The molecule has 7 heteroatoms. The number of amides is 1. The molecule has 0 bridgehead atoms. The van der Waals surface area contributed by atoms with Crippen LogP contribution >= 0.6 is 0 Å². The number of carbonyl (C=O) groups excluding carboxylic acids is 1. The van der Waals surface area contributed by atoms with Gasteiger partial charge in [-0.25, -0.2) is 0 Å². The highest BCUT2D eigenvalue weighted by atomic mass is 16.4. The highest BCUT2D eigenvalue weighted by Gasteiger charge is 2.25. The molecule has 0 radical (unpaired) electrons. The third-order valence-corrected chi connectivity index (χ3v) is 3.62. The molecule has 1 aliphatic heterocycles. The zero-order valence-electron chi connectivity index (χ0n) is 12.2. The van der Waals surface area contributed by atoms with Gasteiger partial charge in [0.2, 0.25) is 0 Å². The molecule has 1 amide bonds. The highest BCUT2D eigenvalue weighted by molar-refractivity contribution is 5.94. The first kappa shape index (κ1) is 16.4. The number of carboxylic acid groups (broad SMARTS) is 1. The van der Waals surface area contributed by atoms with E-state index in [0.717, 1.165) is 5.56 Å². The van der Waals surface area contributed by atoms with Crippen LogP contribution in [0.5, 0.6) is 0 Å². The Kier molecular flexibility index (Phi) is 5.48. The number of nitrogens with zero attached hydrogens (tertiary/aromatic N) is 2. The lowest BCUT2D eigenvalue weighted by molar-refractivity contribution is -0.138. The third-order valence-electron chi connectivity index (χ3n) is 3.62. The maximum Gasteiger partial charge on any atom is 0.317 e. The number of aliphatic hydroxyl groups excluding tert-OH is 2. The fourth-order valence-corrected chi connectivity index (χ4v) is 2.51. The molecule has 0 aliphatic carbocycles. The Morgan fingerprint density at radius 2 is 1.82 bits per heavy atom. The molecular weight excluding hydrogens is 288 g/mol. The van der Waals surface area contributed by atoms with Crippen molar-refractivity contribution in [2.75, 3.05) is 32.7 Å². The molecule has 0 unspecified atom stereocenters. The highest BCUT2D eigenvalue weighted by Crippen LogP contribution is 2.11. The van der Waals surface area contributed by atoms with Gasteiger partial charge >= 0.3 is 5.97 Å². The lowest BCUT2D eigenvalue weighted by atomic mass is 10.1. The molecule has 120 valence electrons. The zero-order chi connectivity index (χ0) is 16.1. The number of aliphatic hydroxyl groups is 2. The minimum absolute atomic E-state index is 0.0823. The van der Waals surface area contributed by atoms with Crippen LogP contribution < -0.4 is 0 Å². The van der Waals surface area contributed by atoms with Crippen LogP contribution in [-0.4, -0.2) is 75.8 Å². The molecule has 1 aromatic rings. The Morgan fingerprint density at radius 1 is 1.14 bits per heavy atom. The molecule has 0 spiro atoms. The molecule has 22 heavy (non-hydrogen) atoms.